The molecule has 0 fully saturated rings. The lowest BCUT2D eigenvalue weighted by Gasteiger charge is -2.03. The molecule has 0 aromatic rings. The molecule has 0 bridgehead atoms. The Kier molecular flexibility index (Phi) is 2.71. The standard InChI is InChI=1S/C4H8NO/c1-4(2)3-5-6/h5H,1,3H2,2H3/q-1. The predicted octanol–water partition coefficient (Wildman–Crippen LogP) is 0.650. The lowest BCUT2D eigenvalue weighted by Crippen LogP contribution is -2.04. The second-order valence-electron chi connectivity index (χ2n) is 1.28. The molecule has 0 atom stereocenters. The lowest BCUT2D eigenvalue weighted by molar-refractivity contribution is 0.947. The molecule has 0 unspecified atom stereocenters. The van der Waals surface area contributed by atoms with E-state index in [9.17, 15) is 5.21 Å². The van der Waals surface area contributed by atoms with Gasteiger partial charge in [-0.25, -0.2) is 0 Å². The van der Waals surface area contributed by atoms with Crippen LogP contribution in [0.25, 0.3) is 0 Å². The third kappa shape index (κ3) is 3.66. The third-order valence-corrected chi connectivity index (χ3v) is 0.374. The zero-order valence-electron chi connectivity index (χ0n) is 3.82. The van der Waals surface area contributed by atoms with Gasteiger partial charge in [0.05, 0.1) is 0 Å². The van der Waals surface area contributed by atoms with Crippen molar-refractivity contribution in [3.8, 4) is 0 Å². The summed E-state index contributed by atoms with van der Waals surface area (Å²) in [4.78, 5) is 0. The average Bonchev–Trinajstić information content (AvgIpc) is 1.35. The van der Waals surface area contributed by atoms with Gasteiger partial charge >= 0.3 is 0 Å². The van der Waals surface area contributed by atoms with Crippen LogP contribution in [0.1, 0.15) is 6.92 Å². The van der Waals surface area contributed by atoms with Gasteiger partial charge < -0.3 is 10.7 Å². The van der Waals surface area contributed by atoms with Crippen LogP contribution >= 0.6 is 0 Å². The molecule has 0 aliphatic heterocycles. The molecule has 2 nitrogen and oxygen atoms in total. The molecule has 0 aliphatic carbocycles. The second-order valence-corrected chi connectivity index (χ2v) is 1.28. The van der Waals surface area contributed by atoms with Crippen molar-refractivity contribution in [2.45, 2.75) is 6.92 Å². The molecule has 0 aliphatic rings. The Hall–Kier alpha value is -0.340. The molecule has 36 valence electrons. The Balaban J connectivity index is 2.83. The molecule has 0 saturated carbocycles. The van der Waals surface area contributed by atoms with Crippen molar-refractivity contribution in [2.24, 2.45) is 0 Å². The van der Waals surface area contributed by atoms with Gasteiger partial charge in [-0.2, -0.15) is 0 Å². The predicted molar refractivity (Wildman–Crippen MR) is 26.2 cm³/mol. The lowest BCUT2D eigenvalue weighted by atomic mass is 10.4. The average molecular weight is 86.1 g/mol. The van der Waals surface area contributed by atoms with Gasteiger partial charge in [0.2, 0.25) is 0 Å². The molecule has 1 N–H and O–H groups in total. The van der Waals surface area contributed by atoms with E-state index in [1.807, 2.05) is 0 Å². The Morgan fingerprint density at radius 2 is 2.50 bits per heavy atom. The first-order chi connectivity index (χ1) is 2.77. The number of hydrogen-bond donors (Lipinski definition) is 1. The summed E-state index contributed by atoms with van der Waals surface area (Å²) >= 11 is 0. The van der Waals surface area contributed by atoms with Crippen LogP contribution in [0.3, 0.4) is 0 Å². The zero-order valence-corrected chi connectivity index (χ0v) is 3.82. The van der Waals surface area contributed by atoms with Crippen LogP contribution in [0.15, 0.2) is 12.2 Å². The van der Waals surface area contributed by atoms with E-state index in [2.05, 4.69) is 6.58 Å². The van der Waals surface area contributed by atoms with Gasteiger partial charge in [-0.05, 0) is 6.92 Å². The van der Waals surface area contributed by atoms with Crippen molar-refractivity contribution in [1.29, 1.82) is 0 Å². The Bertz CT molecular complexity index is 51.5. The summed E-state index contributed by atoms with van der Waals surface area (Å²) in [6.07, 6.45) is 0. The van der Waals surface area contributed by atoms with E-state index in [4.69, 9.17) is 0 Å². The van der Waals surface area contributed by atoms with Crippen LogP contribution in [0.2, 0.25) is 0 Å². The SMILES string of the molecule is C=C(C)CN[O-]. The summed E-state index contributed by atoms with van der Waals surface area (Å²) in [6, 6.07) is 0. The van der Waals surface area contributed by atoms with Crippen molar-refractivity contribution < 1.29 is 0 Å². The molecule has 0 radical (unpaired) electrons. The van der Waals surface area contributed by atoms with Crippen molar-refractivity contribution in [1.82, 2.24) is 5.48 Å². The number of nitrogens with one attached hydrogen (secondary N) is 1. The van der Waals surface area contributed by atoms with Crippen LogP contribution < -0.4 is 5.48 Å². The molecule has 0 saturated heterocycles. The highest BCUT2D eigenvalue weighted by Gasteiger charge is 1.70. The highest BCUT2D eigenvalue weighted by atomic mass is 16.5. The highest BCUT2D eigenvalue weighted by molar-refractivity contribution is 4.90. The monoisotopic (exact) mass is 86.1 g/mol. The molecule has 0 amide bonds. The van der Waals surface area contributed by atoms with Gasteiger partial charge in [-0.3, -0.25) is 0 Å². The van der Waals surface area contributed by atoms with Gasteiger partial charge in [0.1, 0.15) is 0 Å². The normalized spacial score (nSPS) is 8.33. The highest BCUT2D eigenvalue weighted by Crippen LogP contribution is 1.77. The molecule has 0 rings (SSSR count). The van der Waals surface area contributed by atoms with E-state index >= 15 is 0 Å². The fourth-order valence-electron chi connectivity index (χ4n) is 0.123. The molecule has 6 heavy (non-hydrogen) atoms. The molecular weight excluding hydrogens is 78.0 g/mol. The van der Waals surface area contributed by atoms with Crippen molar-refractivity contribution >= 4 is 0 Å². The first-order valence-corrected chi connectivity index (χ1v) is 1.76. The topological polar surface area (TPSA) is 35.1 Å². The minimum absolute atomic E-state index is 0.375. The van der Waals surface area contributed by atoms with E-state index in [0.29, 0.717) is 6.54 Å². The van der Waals surface area contributed by atoms with E-state index in [0.717, 1.165) is 5.57 Å². The maximum atomic E-state index is 9.43. The number of hydroxylamine groups is 1. The van der Waals surface area contributed by atoms with E-state index in [-0.39, 0.29) is 0 Å². The smallest absolute Gasteiger partial charge is 0.00420 e. The van der Waals surface area contributed by atoms with Gasteiger partial charge in [-0.15, -0.1) is 0 Å². The van der Waals surface area contributed by atoms with Gasteiger partial charge in [0.15, 0.2) is 0 Å². The number of hydrogen-bond acceptors (Lipinski definition) is 2. The molecule has 0 aromatic carbocycles. The molecule has 0 aromatic heterocycles. The molecule has 0 spiro atoms. The van der Waals surface area contributed by atoms with Crippen molar-refractivity contribution in [3.63, 3.8) is 0 Å². The van der Waals surface area contributed by atoms with Crippen LogP contribution in [0.5, 0.6) is 0 Å². The van der Waals surface area contributed by atoms with Crippen LogP contribution in [-0.4, -0.2) is 6.54 Å². The Morgan fingerprint density at radius 3 is 2.50 bits per heavy atom. The van der Waals surface area contributed by atoms with Gasteiger partial charge in [0.25, 0.3) is 0 Å². The Labute approximate surface area is 37.4 Å². The second kappa shape index (κ2) is 2.87. The minimum Gasteiger partial charge on any atom is -0.788 e. The summed E-state index contributed by atoms with van der Waals surface area (Å²) in [6.45, 7) is 5.65. The first kappa shape index (κ1) is 5.66. The fourth-order valence-corrected chi connectivity index (χ4v) is 0.123. The molecular formula is C4H8NO-. The summed E-state index contributed by atoms with van der Waals surface area (Å²) in [5.41, 5.74) is 2.58. The van der Waals surface area contributed by atoms with E-state index < -0.39 is 0 Å². The quantitative estimate of drug-likeness (QED) is 0.395. The van der Waals surface area contributed by atoms with E-state index in [1.54, 1.807) is 12.4 Å². The first-order valence-electron chi connectivity index (χ1n) is 1.76. The zero-order chi connectivity index (χ0) is 4.99. The summed E-state index contributed by atoms with van der Waals surface area (Å²) in [5, 5.41) is 9.43. The summed E-state index contributed by atoms with van der Waals surface area (Å²) < 4.78 is 0. The van der Waals surface area contributed by atoms with Crippen LogP contribution in [0, 0.1) is 5.21 Å². The third-order valence-electron chi connectivity index (χ3n) is 0.374. The fraction of sp³-hybridized carbons (Fsp3) is 0.500. The summed E-state index contributed by atoms with van der Waals surface area (Å²) in [7, 11) is 0. The number of rotatable bonds is 2. The Morgan fingerprint density at radius 1 is 2.00 bits per heavy atom. The maximum absolute atomic E-state index is 9.43. The minimum atomic E-state index is 0.375. The van der Waals surface area contributed by atoms with E-state index in [1.165, 1.54) is 0 Å². The maximum Gasteiger partial charge on any atom is 0.00420 e. The van der Waals surface area contributed by atoms with Crippen LogP contribution in [-0.2, 0) is 0 Å². The molecule has 0 heterocycles. The van der Waals surface area contributed by atoms with Crippen molar-refractivity contribution in [2.75, 3.05) is 6.54 Å². The molecule has 2 heteroatoms. The van der Waals surface area contributed by atoms with Crippen molar-refractivity contribution in [3.05, 3.63) is 17.4 Å². The van der Waals surface area contributed by atoms with Gasteiger partial charge in [-0.1, -0.05) is 12.2 Å². The van der Waals surface area contributed by atoms with Crippen LogP contribution in [0.4, 0.5) is 0 Å². The summed E-state index contributed by atoms with van der Waals surface area (Å²) in [5.74, 6) is 0. The largest absolute Gasteiger partial charge is 0.788 e. The van der Waals surface area contributed by atoms with Gasteiger partial charge in [0, 0.05) is 6.54 Å².